The molecule has 0 amide bonds. The van der Waals surface area contributed by atoms with Gasteiger partial charge in [0.05, 0.1) is 0 Å². The fourth-order valence-corrected chi connectivity index (χ4v) is 1.91. The van der Waals surface area contributed by atoms with Crippen molar-refractivity contribution in [3.8, 4) is 0 Å². The molecule has 0 aliphatic heterocycles. The smallest absolute Gasteiger partial charge is 0.00747 e. The Labute approximate surface area is 107 Å². The Morgan fingerprint density at radius 1 is 0.938 bits per heavy atom. The Morgan fingerprint density at radius 2 is 1.38 bits per heavy atom. The lowest BCUT2D eigenvalue weighted by Crippen LogP contribution is -1.86. The first-order chi connectivity index (χ1) is 7.72. The second-order valence-corrected chi connectivity index (χ2v) is 4.81. The molecular formula is C15H28S. The van der Waals surface area contributed by atoms with Crippen molar-refractivity contribution in [2.45, 2.75) is 65.0 Å². The molecule has 0 spiro atoms. The summed E-state index contributed by atoms with van der Waals surface area (Å²) in [4.78, 5) is 1.38. The molecule has 0 aromatic heterocycles. The predicted octanol–water partition coefficient (Wildman–Crippen LogP) is 5.80. The number of rotatable bonds is 3. The summed E-state index contributed by atoms with van der Waals surface area (Å²) in [5, 5.41) is 0.678. The van der Waals surface area contributed by atoms with Gasteiger partial charge < -0.3 is 0 Å². The Kier molecular flexibility index (Phi) is 14.2. The fraction of sp³-hybridized carbons (Fsp3) is 0.600. The molecule has 0 N–H and O–H groups in total. The Bertz CT molecular complexity index is 224. The molecule has 16 heavy (non-hydrogen) atoms. The molecule has 1 aromatic carbocycles. The van der Waals surface area contributed by atoms with Crippen molar-refractivity contribution >= 4 is 11.8 Å². The molecule has 1 heteroatoms. The summed E-state index contributed by atoms with van der Waals surface area (Å²) in [6.07, 6.45) is 1.13. The SMILES string of the molecule is CC.CC.CCc1ccc(SC(C)C)cc1. The molecule has 0 aliphatic carbocycles. The second kappa shape index (κ2) is 12.6. The highest BCUT2D eigenvalue weighted by atomic mass is 32.2. The van der Waals surface area contributed by atoms with Crippen LogP contribution < -0.4 is 0 Å². The largest absolute Gasteiger partial charge is 0.123 e. The van der Waals surface area contributed by atoms with Crippen molar-refractivity contribution < 1.29 is 0 Å². The van der Waals surface area contributed by atoms with Gasteiger partial charge >= 0.3 is 0 Å². The van der Waals surface area contributed by atoms with Crippen molar-refractivity contribution in [2.75, 3.05) is 0 Å². The molecule has 0 saturated heterocycles. The number of aryl methyl sites for hydroxylation is 1. The lowest BCUT2D eigenvalue weighted by Gasteiger charge is -2.04. The summed E-state index contributed by atoms with van der Waals surface area (Å²) < 4.78 is 0. The van der Waals surface area contributed by atoms with E-state index in [1.807, 2.05) is 39.5 Å². The third kappa shape index (κ3) is 8.84. The first-order valence-electron chi connectivity index (χ1n) is 6.48. The van der Waals surface area contributed by atoms with E-state index in [1.54, 1.807) is 0 Å². The van der Waals surface area contributed by atoms with E-state index in [0.717, 1.165) is 6.42 Å². The molecule has 0 saturated carbocycles. The molecule has 1 rings (SSSR count). The highest BCUT2D eigenvalue weighted by Gasteiger charge is 1.96. The van der Waals surface area contributed by atoms with Crippen LogP contribution >= 0.6 is 11.8 Å². The topological polar surface area (TPSA) is 0 Å². The lowest BCUT2D eigenvalue weighted by atomic mass is 10.2. The van der Waals surface area contributed by atoms with E-state index in [2.05, 4.69) is 45.0 Å². The van der Waals surface area contributed by atoms with Crippen LogP contribution in [0.25, 0.3) is 0 Å². The molecule has 0 unspecified atom stereocenters. The Morgan fingerprint density at radius 3 is 1.69 bits per heavy atom. The first kappa shape index (κ1) is 17.9. The van der Waals surface area contributed by atoms with Crippen molar-refractivity contribution in [2.24, 2.45) is 0 Å². The van der Waals surface area contributed by atoms with Crippen LogP contribution in [0.15, 0.2) is 29.2 Å². The molecule has 0 nitrogen and oxygen atoms in total. The van der Waals surface area contributed by atoms with Crippen LogP contribution in [0.4, 0.5) is 0 Å². The van der Waals surface area contributed by atoms with Crippen LogP contribution in [0.1, 0.15) is 54.0 Å². The van der Waals surface area contributed by atoms with Crippen molar-refractivity contribution in [1.82, 2.24) is 0 Å². The van der Waals surface area contributed by atoms with Crippen LogP contribution in [0, 0.1) is 0 Å². The summed E-state index contributed by atoms with van der Waals surface area (Å²) in [7, 11) is 0. The van der Waals surface area contributed by atoms with Gasteiger partial charge in [-0.3, -0.25) is 0 Å². The minimum atomic E-state index is 0.678. The van der Waals surface area contributed by atoms with Crippen molar-refractivity contribution in [3.05, 3.63) is 29.8 Å². The summed E-state index contributed by atoms with van der Waals surface area (Å²) in [6.45, 7) is 14.6. The van der Waals surface area contributed by atoms with Gasteiger partial charge in [-0.25, -0.2) is 0 Å². The number of hydrogen-bond donors (Lipinski definition) is 0. The normalized spacial score (nSPS) is 8.75. The van der Waals surface area contributed by atoms with Crippen LogP contribution in [0.5, 0.6) is 0 Å². The van der Waals surface area contributed by atoms with Crippen LogP contribution in [-0.2, 0) is 6.42 Å². The van der Waals surface area contributed by atoms with Gasteiger partial charge in [0.15, 0.2) is 0 Å². The zero-order valence-electron chi connectivity index (χ0n) is 12.0. The molecular weight excluding hydrogens is 212 g/mol. The van der Waals surface area contributed by atoms with E-state index in [-0.39, 0.29) is 0 Å². The highest BCUT2D eigenvalue weighted by Crippen LogP contribution is 2.22. The van der Waals surface area contributed by atoms with Crippen molar-refractivity contribution in [3.63, 3.8) is 0 Å². The summed E-state index contributed by atoms with van der Waals surface area (Å²) in [6, 6.07) is 8.85. The maximum Gasteiger partial charge on any atom is 0.00747 e. The molecule has 0 atom stereocenters. The zero-order chi connectivity index (χ0) is 13.0. The average Bonchev–Trinajstić information content (AvgIpc) is 2.34. The highest BCUT2D eigenvalue weighted by molar-refractivity contribution is 7.99. The van der Waals surface area contributed by atoms with E-state index in [9.17, 15) is 0 Å². The number of thioether (sulfide) groups is 1. The van der Waals surface area contributed by atoms with Gasteiger partial charge in [-0.2, -0.15) is 0 Å². The van der Waals surface area contributed by atoms with Crippen LogP contribution in [-0.4, -0.2) is 5.25 Å². The minimum absolute atomic E-state index is 0.678. The summed E-state index contributed by atoms with van der Waals surface area (Å²) >= 11 is 1.92. The van der Waals surface area contributed by atoms with E-state index in [0.29, 0.717) is 5.25 Å². The average molecular weight is 240 g/mol. The third-order valence-corrected chi connectivity index (χ3v) is 2.72. The predicted molar refractivity (Wildman–Crippen MR) is 79.5 cm³/mol. The first-order valence-corrected chi connectivity index (χ1v) is 7.36. The fourth-order valence-electron chi connectivity index (χ4n) is 1.08. The van der Waals surface area contributed by atoms with Gasteiger partial charge in [-0.1, -0.05) is 60.6 Å². The van der Waals surface area contributed by atoms with Gasteiger partial charge in [-0.05, 0) is 24.1 Å². The van der Waals surface area contributed by atoms with E-state index < -0.39 is 0 Å². The molecule has 0 heterocycles. The maximum atomic E-state index is 2.22. The molecule has 0 bridgehead atoms. The van der Waals surface area contributed by atoms with Gasteiger partial charge in [0.1, 0.15) is 0 Å². The molecule has 0 fully saturated rings. The number of benzene rings is 1. The Balaban J connectivity index is 0. The minimum Gasteiger partial charge on any atom is -0.123 e. The number of hydrogen-bond acceptors (Lipinski definition) is 1. The van der Waals surface area contributed by atoms with E-state index in [4.69, 9.17) is 0 Å². The van der Waals surface area contributed by atoms with Crippen molar-refractivity contribution in [1.29, 1.82) is 0 Å². The van der Waals surface area contributed by atoms with Crippen LogP contribution in [0.3, 0.4) is 0 Å². The third-order valence-electron chi connectivity index (χ3n) is 1.70. The van der Waals surface area contributed by atoms with E-state index in [1.165, 1.54) is 10.5 Å². The zero-order valence-corrected chi connectivity index (χ0v) is 12.8. The van der Waals surface area contributed by atoms with Crippen LogP contribution in [0.2, 0.25) is 0 Å². The quantitative estimate of drug-likeness (QED) is 0.601. The van der Waals surface area contributed by atoms with Gasteiger partial charge in [0.2, 0.25) is 0 Å². The van der Waals surface area contributed by atoms with Gasteiger partial charge in [-0.15, -0.1) is 11.8 Å². The van der Waals surface area contributed by atoms with E-state index >= 15 is 0 Å². The molecule has 0 radical (unpaired) electrons. The standard InChI is InChI=1S/C11H16S.2C2H6/c1-4-10-5-7-11(8-6-10)12-9(2)3;2*1-2/h5-9H,4H2,1-3H3;2*1-2H3. The molecule has 0 aliphatic rings. The van der Waals surface area contributed by atoms with Gasteiger partial charge in [0.25, 0.3) is 0 Å². The second-order valence-electron chi connectivity index (χ2n) is 3.16. The monoisotopic (exact) mass is 240 g/mol. The maximum absolute atomic E-state index is 2.22. The Hall–Kier alpha value is -0.430. The lowest BCUT2D eigenvalue weighted by molar-refractivity contribution is 1.10. The molecule has 1 aromatic rings. The summed E-state index contributed by atoms with van der Waals surface area (Å²) in [5.74, 6) is 0. The van der Waals surface area contributed by atoms with Gasteiger partial charge in [0, 0.05) is 10.1 Å². The molecule has 94 valence electrons. The summed E-state index contributed by atoms with van der Waals surface area (Å²) in [5.41, 5.74) is 1.42.